The predicted molar refractivity (Wildman–Crippen MR) is 161 cm³/mol. The van der Waals surface area contributed by atoms with E-state index in [9.17, 15) is 14.3 Å². The molecule has 3 aromatic heterocycles. The monoisotopic (exact) mass is 588 g/mol. The molecule has 1 aliphatic heterocycles. The molecule has 0 bridgehead atoms. The predicted octanol–water partition coefficient (Wildman–Crippen LogP) is 4.28. The zero-order chi connectivity index (χ0) is 29.2. The normalized spacial score (nSPS) is 14.8. The van der Waals surface area contributed by atoms with E-state index >= 15 is 0 Å². The molecule has 2 aromatic carbocycles. The van der Waals surface area contributed by atoms with Crippen LogP contribution in [0.4, 0.5) is 16.0 Å². The lowest BCUT2D eigenvalue weighted by Gasteiger charge is -2.34. The van der Waals surface area contributed by atoms with Crippen LogP contribution in [0.5, 0.6) is 0 Å². The molecule has 10 nitrogen and oxygen atoms in total. The van der Waals surface area contributed by atoms with Crippen LogP contribution >= 0.6 is 11.6 Å². The number of aryl methyl sites for hydroxylation is 1. The number of H-pyrrole nitrogens is 2. The van der Waals surface area contributed by atoms with Crippen molar-refractivity contribution in [2.45, 2.75) is 19.6 Å². The van der Waals surface area contributed by atoms with Crippen LogP contribution in [-0.4, -0.2) is 67.7 Å². The third kappa shape index (κ3) is 5.98. The molecule has 0 aliphatic carbocycles. The fraction of sp³-hybridized carbons (Fsp3) is 0.267. The Morgan fingerprint density at radius 1 is 1.07 bits per heavy atom. The fourth-order valence-corrected chi connectivity index (χ4v) is 5.38. The van der Waals surface area contributed by atoms with Crippen molar-refractivity contribution in [3.05, 3.63) is 98.8 Å². The topological polar surface area (TPSA) is 126 Å². The average Bonchev–Trinajstić information content (AvgIpc) is 3.41. The summed E-state index contributed by atoms with van der Waals surface area (Å²) in [6.45, 7) is 5.75. The van der Waals surface area contributed by atoms with Crippen LogP contribution in [0.15, 0.2) is 65.6 Å². The maximum atomic E-state index is 13.6. The number of fused-ring (bicyclic) bond motifs is 1. The molecule has 0 saturated carbocycles. The second kappa shape index (κ2) is 11.9. The first-order valence-electron chi connectivity index (χ1n) is 13.7. The van der Waals surface area contributed by atoms with E-state index in [0.29, 0.717) is 57.0 Å². The highest BCUT2D eigenvalue weighted by molar-refractivity contribution is 6.30. The highest BCUT2D eigenvalue weighted by atomic mass is 35.5. The SMILES string of the molecule is Cc1nc(N2CCN(Cc3cccc(F)c3)CC2)nc2nc(-c3c(NC[C@@H](O)c4cccc(Cl)c4)cc[nH]c3=O)[nH]c12. The van der Waals surface area contributed by atoms with Crippen molar-refractivity contribution < 1.29 is 9.50 Å². The lowest BCUT2D eigenvalue weighted by Crippen LogP contribution is -2.46. The molecule has 12 heteroatoms. The maximum absolute atomic E-state index is 13.6. The molecule has 1 saturated heterocycles. The van der Waals surface area contributed by atoms with Gasteiger partial charge in [-0.05, 0) is 48.4 Å². The number of aliphatic hydroxyl groups excluding tert-OH is 1. The second-order valence-electron chi connectivity index (χ2n) is 10.3. The summed E-state index contributed by atoms with van der Waals surface area (Å²) in [5.41, 5.74) is 3.92. The van der Waals surface area contributed by atoms with E-state index in [-0.39, 0.29) is 17.9 Å². The molecule has 4 heterocycles. The second-order valence-corrected chi connectivity index (χ2v) is 10.8. The minimum atomic E-state index is -0.837. The smallest absolute Gasteiger partial charge is 0.261 e. The Balaban J connectivity index is 1.20. The number of imidazole rings is 1. The Hall–Kier alpha value is -4.32. The van der Waals surface area contributed by atoms with E-state index in [0.717, 1.165) is 31.7 Å². The van der Waals surface area contributed by atoms with Crippen molar-refractivity contribution in [3.8, 4) is 11.4 Å². The molecular weight excluding hydrogens is 559 g/mol. The molecule has 0 amide bonds. The van der Waals surface area contributed by atoms with Gasteiger partial charge in [0.2, 0.25) is 5.95 Å². The molecule has 5 aromatic rings. The Kier molecular flexibility index (Phi) is 7.88. The van der Waals surface area contributed by atoms with Crippen molar-refractivity contribution >= 4 is 34.4 Å². The summed E-state index contributed by atoms with van der Waals surface area (Å²) in [5.74, 6) is 0.701. The van der Waals surface area contributed by atoms with Gasteiger partial charge in [-0.25, -0.2) is 14.4 Å². The van der Waals surface area contributed by atoms with Gasteiger partial charge in [0.15, 0.2) is 5.65 Å². The van der Waals surface area contributed by atoms with E-state index in [1.165, 1.54) is 6.07 Å². The summed E-state index contributed by atoms with van der Waals surface area (Å²) < 4.78 is 13.6. The van der Waals surface area contributed by atoms with E-state index < -0.39 is 6.10 Å². The van der Waals surface area contributed by atoms with Crippen LogP contribution < -0.4 is 15.8 Å². The number of pyridine rings is 1. The van der Waals surface area contributed by atoms with Crippen LogP contribution in [0.1, 0.15) is 22.9 Å². The number of aromatic nitrogens is 5. The summed E-state index contributed by atoms with van der Waals surface area (Å²) in [4.78, 5) is 37.4. The first-order valence-corrected chi connectivity index (χ1v) is 14.1. The van der Waals surface area contributed by atoms with Crippen LogP contribution in [0, 0.1) is 12.7 Å². The van der Waals surface area contributed by atoms with Crippen LogP contribution in [0.25, 0.3) is 22.6 Å². The average molecular weight is 589 g/mol. The number of benzene rings is 2. The summed E-state index contributed by atoms with van der Waals surface area (Å²) in [6, 6.07) is 15.4. The Bertz CT molecular complexity index is 1780. The number of nitrogens with zero attached hydrogens (tertiary/aromatic N) is 5. The van der Waals surface area contributed by atoms with Gasteiger partial charge in [-0.1, -0.05) is 35.9 Å². The fourth-order valence-electron chi connectivity index (χ4n) is 5.18. The highest BCUT2D eigenvalue weighted by Gasteiger charge is 2.22. The van der Waals surface area contributed by atoms with Gasteiger partial charge in [0.25, 0.3) is 5.56 Å². The number of rotatable bonds is 8. The molecule has 216 valence electrons. The molecule has 4 N–H and O–H groups in total. The Labute approximate surface area is 246 Å². The van der Waals surface area contributed by atoms with E-state index in [1.54, 1.807) is 48.7 Å². The van der Waals surface area contributed by atoms with Crippen molar-refractivity contribution in [2.24, 2.45) is 0 Å². The summed E-state index contributed by atoms with van der Waals surface area (Å²) >= 11 is 6.07. The van der Waals surface area contributed by atoms with Gasteiger partial charge in [0.1, 0.15) is 22.7 Å². The zero-order valence-electron chi connectivity index (χ0n) is 22.9. The summed E-state index contributed by atoms with van der Waals surface area (Å²) in [7, 11) is 0. The first-order chi connectivity index (χ1) is 20.3. The molecule has 42 heavy (non-hydrogen) atoms. The maximum Gasteiger partial charge on any atom is 0.261 e. The third-order valence-corrected chi connectivity index (χ3v) is 7.62. The number of anilines is 2. The van der Waals surface area contributed by atoms with Gasteiger partial charge in [-0.2, -0.15) is 4.98 Å². The molecule has 1 aliphatic rings. The van der Waals surface area contributed by atoms with Crippen molar-refractivity contribution in [1.82, 2.24) is 29.8 Å². The highest BCUT2D eigenvalue weighted by Crippen LogP contribution is 2.27. The largest absolute Gasteiger partial charge is 0.387 e. The Morgan fingerprint density at radius 2 is 1.88 bits per heavy atom. The molecule has 0 spiro atoms. The molecule has 1 fully saturated rings. The lowest BCUT2D eigenvalue weighted by atomic mass is 10.1. The molecule has 1 atom stereocenters. The number of aliphatic hydroxyl groups is 1. The summed E-state index contributed by atoms with van der Waals surface area (Å²) in [6.07, 6.45) is 0.705. The van der Waals surface area contributed by atoms with Gasteiger partial charge in [0.05, 0.1) is 17.5 Å². The molecule has 6 rings (SSSR count). The van der Waals surface area contributed by atoms with E-state index in [4.69, 9.17) is 21.6 Å². The quantitative estimate of drug-likeness (QED) is 0.212. The van der Waals surface area contributed by atoms with E-state index in [1.807, 2.05) is 13.0 Å². The molecule has 0 unspecified atom stereocenters. The number of hydrogen-bond acceptors (Lipinski definition) is 8. The minimum absolute atomic E-state index is 0.158. The van der Waals surface area contributed by atoms with Crippen LogP contribution in [-0.2, 0) is 6.54 Å². The van der Waals surface area contributed by atoms with Gasteiger partial charge >= 0.3 is 0 Å². The van der Waals surface area contributed by atoms with Crippen LogP contribution in [0.3, 0.4) is 0 Å². The third-order valence-electron chi connectivity index (χ3n) is 7.39. The lowest BCUT2D eigenvalue weighted by molar-refractivity contribution is 0.191. The minimum Gasteiger partial charge on any atom is -0.387 e. The van der Waals surface area contributed by atoms with Gasteiger partial charge in [0, 0.05) is 50.5 Å². The number of nitrogens with one attached hydrogen (secondary N) is 3. The molecular formula is C30H30ClFN8O2. The van der Waals surface area contributed by atoms with Crippen molar-refractivity contribution in [1.29, 1.82) is 0 Å². The molecule has 0 radical (unpaired) electrons. The van der Waals surface area contributed by atoms with Gasteiger partial charge in [-0.3, -0.25) is 9.69 Å². The van der Waals surface area contributed by atoms with Crippen molar-refractivity contribution in [3.63, 3.8) is 0 Å². The number of piperazine rings is 1. The standard InChI is InChI=1S/C30H30ClFN8O2/c1-18-26-28(38-30(35-18)40-12-10-39(11-13-40)17-19-4-2-7-22(32)14-19)37-27(36-26)25-23(8-9-33-29(25)42)34-16-24(41)20-5-3-6-21(31)15-20/h2-9,14-15,24,41H,10-13,16-17H2,1H3,(H2,33,34,42)(H,35,36,37,38)/t24-/m1/s1. The van der Waals surface area contributed by atoms with Gasteiger partial charge in [-0.15, -0.1) is 0 Å². The number of hydrogen-bond donors (Lipinski definition) is 4. The first kappa shape index (κ1) is 27.8. The van der Waals surface area contributed by atoms with Crippen molar-refractivity contribution in [2.75, 3.05) is 42.9 Å². The number of halogens is 2. The van der Waals surface area contributed by atoms with Crippen LogP contribution in [0.2, 0.25) is 5.02 Å². The van der Waals surface area contributed by atoms with E-state index in [2.05, 4.69) is 30.1 Å². The Morgan fingerprint density at radius 3 is 2.67 bits per heavy atom. The zero-order valence-corrected chi connectivity index (χ0v) is 23.7. The summed E-state index contributed by atoms with van der Waals surface area (Å²) in [5, 5.41) is 14.4. The number of aromatic amines is 2. The van der Waals surface area contributed by atoms with Gasteiger partial charge < -0.3 is 25.3 Å².